The van der Waals surface area contributed by atoms with E-state index in [1.165, 1.54) is 11.8 Å². The first-order valence-electron chi connectivity index (χ1n) is 4.87. The maximum Gasteiger partial charge on any atom is 0.343 e. The molecule has 0 aliphatic carbocycles. The highest BCUT2D eigenvalue weighted by Crippen LogP contribution is 2.25. The Labute approximate surface area is 99.6 Å². The number of esters is 1. The van der Waals surface area contributed by atoms with Crippen LogP contribution < -0.4 is 5.73 Å². The van der Waals surface area contributed by atoms with Crippen LogP contribution in [-0.4, -0.2) is 22.8 Å². The number of hydrogen-bond acceptors (Lipinski definition) is 5. The summed E-state index contributed by atoms with van der Waals surface area (Å²) in [4.78, 5) is 16.6. The highest BCUT2D eigenvalue weighted by molar-refractivity contribution is 7.98. The van der Waals surface area contributed by atoms with Crippen molar-refractivity contribution < 1.29 is 9.53 Å². The van der Waals surface area contributed by atoms with Crippen LogP contribution in [0.1, 0.15) is 31.1 Å². The summed E-state index contributed by atoms with van der Waals surface area (Å²) in [6, 6.07) is 1.75. The summed E-state index contributed by atoms with van der Waals surface area (Å²) in [6.45, 7) is 5.45. The molecular weight excluding hydrogens is 224 g/mol. The van der Waals surface area contributed by atoms with Gasteiger partial charge in [-0.2, -0.15) is 0 Å². The van der Waals surface area contributed by atoms with Gasteiger partial charge in [0.15, 0.2) is 0 Å². The molecule has 0 bridgehead atoms. The van der Waals surface area contributed by atoms with E-state index in [9.17, 15) is 4.79 Å². The predicted octanol–water partition coefficient (Wildman–Crippen LogP) is 2.34. The Hall–Kier alpha value is -1.23. The van der Waals surface area contributed by atoms with E-state index in [2.05, 4.69) is 4.98 Å². The van der Waals surface area contributed by atoms with Crippen LogP contribution in [0, 0.1) is 0 Å². The quantitative estimate of drug-likeness (QED) is 0.635. The first-order valence-corrected chi connectivity index (χ1v) is 6.09. The standard InChI is InChI=1S/C11H16N2O2S/c1-11(2,3)15-10(14)8-7(16-4)5-6-13-9(8)12/h5-6H,1-4H3,(H2,12,13). The van der Waals surface area contributed by atoms with Crippen molar-refractivity contribution in [3.8, 4) is 0 Å². The third-order valence-corrected chi connectivity index (χ3v) is 2.55. The van der Waals surface area contributed by atoms with Gasteiger partial charge >= 0.3 is 5.97 Å². The number of rotatable bonds is 2. The van der Waals surface area contributed by atoms with Gasteiger partial charge in [0.05, 0.1) is 0 Å². The summed E-state index contributed by atoms with van der Waals surface area (Å²) in [6.07, 6.45) is 3.46. The van der Waals surface area contributed by atoms with Gasteiger partial charge in [-0.1, -0.05) is 0 Å². The number of thioether (sulfide) groups is 1. The molecule has 0 saturated carbocycles. The summed E-state index contributed by atoms with van der Waals surface area (Å²) < 4.78 is 5.27. The summed E-state index contributed by atoms with van der Waals surface area (Å²) in [5.74, 6) is -0.219. The van der Waals surface area contributed by atoms with Crippen molar-refractivity contribution in [1.29, 1.82) is 0 Å². The van der Waals surface area contributed by atoms with E-state index in [1.807, 2.05) is 27.0 Å². The van der Waals surface area contributed by atoms with Crippen molar-refractivity contribution >= 4 is 23.5 Å². The molecular formula is C11H16N2O2S. The monoisotopic (exact) mass is 240 g/mol. The van der Waals surface area contributed by atoms with Crippen LogP contribution in [0.15, 0.2) is 17.2 Å². The fraction of sp³-hybridized carbons (Fsp3) is 0.455. The lowest BCUT2D eigenvalue weighted by molar-refractivity contribution is 0.00665. The highest BCUT2D eigenvalue weighted by atomic mass is 32.2. The maximum atomic E-state index is 11.9. The van der Waals surface area contributed by atoms with Gasteiger partial charge in [-0.25, -0.2) is 9.78 Å². The number of ether oxygens (including phenoxy) is 1. The van der Waals surface area contributed by atoms with Gasteiger partial charge in [0, 0.05) is 11.1 Å². The zero-order valence-electron chi connectivity index (χ0n) is 9.90. The van der Waals surface area contributed by atoms with Crippen LogP contribution in [0.25, 0.3) is 0 Å². The normalized spacial score (nSPS) is 11.2. The van der Waals surface area contributed by atoms with E-state index >= 15 is 0 Å². The summed E-state index contributed by atoms with van der Waals surface area (Å²) in [7, 11) is 0. The number of nitrogen functional groups attached to an aromatic ring is 1. The fourth-order valence-corrected chi connectivity index (χ4v) is 1.75. The van der Waals surface area contributed by atoms with Crippen LogP contribution in [0.2, 0.25) is 0 Å². The molecule has 0 atom stereocenters. The predicted molar refractivity (Wildman–Crippen MR) is 65.6 cm³/mol. The Balaban J connectivity index is 3.08. The number of hydrogen-bond donors (Lipinski definition) is 1. The van der Waals surface area contributed by atoms with E-state index in [1.54, 1.807) is 12.3 Å². The Morgan fingerprint density at radius 3 is 2.62 bits per heavy atom. The maximum absolute atomic E-state index is 11.9. The molecule has 0 fully saturated rings. The third kappa shape index (κ3) is 3.13. The Bertz CT molecular complexity index is 399. The van der Waals surface area contributed by atoms with Gasteiger partial charge in [0.2, 0.25) is 0 Å². The lowest BCUT2D eigenvalue weighted by Gasteiger charge is -2.20. The SMILES string of the molecule is CSc1ccnc(N)c1C(=O)OC(C)(C)C. The minimum Gasteiger partial charge on any atom is -0.456 e. The Kier molecular flexibility index (Phi) is 3.80. The molecule has 0 aliphatic rings. The average Bonchev–Trinajstić information content (AvgIpc) is 2.14. The second-order valence-electron chi connectivity index (χ2n) is 4.28. The van der Waals surface area contributed by atoms with E-state index in [0.29, 0.717) is 5.56 Å². The molecule has 1 aromatic heterocycles. The average molecular weight is 240 g/mol. The summed E-state index contributed by atoms with van der Waals surface area (Å²) in [5.41, 5.74) is 5.51. The molecule has 0 spiro atoms. The van der Waals surface area contributed by atoms with Crippen LogP contribution in [-0.2, 0) is 4.74 Å². The minimum atomic E-state index is -0.533. The van der Waals surface area contributed by atoms with Gasteiger partial charge in [-0.15, -0.1) is 11.8 Å². The zero-order valence-corrected chi connectivity index (χ0v) is 10.7. The molecule has 0 aliphatic heterocycles. The molecule has 4 nitrogen and oxygen atoms in total. The number of nitrogens with two attached hydrogens (primary N) is 1. The molecule has 16 heavy (non-hydrogen) atoms. The number of carbonyl (C=O) groups is 1. The van der Waals surface area contributed by atoms with Gasteiger partial charge in [0.1, 0.15) is 17.0 Å². The fourth-order valence-electron chi connectivity index (χ4n) is 1.16. The third-order valence-electron chi connectivity index (χ3n) is 1.76. The number of anilines is 1. The number of nitrogens with zero attached hydrogens (tertiary/aromatic N) is 1. The molecule has 1 heterocycles. The van der Waals surface area contributed by atoms with Crippen molar-refractivity contribution in [1.82, 2.24) is 4.98 Å². The molecule has 0 amide bonds. The van der Waals surface area contributed by atoms with Gasteiger partial charge in [0.25, 0.3) is 0 Å². The van der Waals surface area contributed by atoms with Crippen LogP contribution in [0.5, 0.6) is 0 Å². The minimum absolute atomic E-state index is 0.209. The lowest BCUT2D eigenvalue weighted by Crippen LogP contribution is -2.25. The number of pyridine rings is 1. The van der Waals surface area contributed by atoms with Gasteiger partial charge < -0.3 is 10.5 Å². The number of carbonyl (C=O) groups excluding carboxylic acids is 1. The molecule has 0 saturated heterocycles. The molecule has 0 radical (unpaired) electrons. The number of aromatic nitrogens is 1. The van der Waals surface area contributed by atoms with Gasteiger partial charge in [-0.05, 0) is 33.1 Å². The largest absolute Gasteiger partial charge is 0.456 e. The topological polar surface area (TPSA) is 65.2 Å². The van der Waals surface area contributed by atoms with Crippen molar-refractivity contribution in [2.24, 2.45) is 0 Å². The second-order valence-corrected chi connectivity index (χ2v) is 5.12. The van der Waals surface area contributed by atoms with Crippen LogP contribution >= 0.6 is 11.8 Å². The molecule has 1 rings (SSSR count). The van der Waals surface area contributed by atoms with E-state index in [-0.39, 0.29) is 5.82 Å². The van der Waals surface area contributed by atoms with Gasteiger partial charge in [-0.3, -0.25) is 0 Å². The summed E-state index contributed by atoms with van der Waals surface area (Å²) >= 11 is 1.44. The van der Waals surface area contributed by atoms with E-state index < -0.39 is 11.6 Å². The van der Waals surface area contributed by atoms with Crippen molar-refractivity contribution in [3.05, 3.63) is 17.8 Å². The van der Waals surface area contributed by atoms with Crippen LogP contribution in [0.3, 0.4) is 0 Å². The lowest BCUT2D eigenvalue weighted by atomic mass is 10.2. The Morgan fingerprint density at radius 2 is 2.12 bits per heavy atom. The van der Waals surface area contributed by atoms with E-state index in [4.69, 9.17) is 10.5 Å². The first kappa shape index (κ1) is 12.8. The first-order chi connectivity index (χ1) is 7.35. The summed E-state index contributed by atoms with van der Waals surface area (Å²) in [5, 5.41) is 0. The van der Waals surface area contributed by atoms with Crippen LogP contribution in [0.4, 0.5) is 5.82 Å². The van der Waals surface area contributed by atoms with Crippen molar-refractivity contribution in [2.75, 3.05) is 12.0 Å². The zero-order chi connectivity index (χ0) is 12.3. The molecule has 2 N–H and O–H groups in total. The second kappa shape index (κ2) is 4.74. The highest BCUT2D eigenvalue weighted by Gasteiger charge is 2.22. The Morgan fingerprint density at radius 1 is 1.50 bits per heavy atom. The molecule has 0 unspecified atom stereocenters. The molecule has 5 heteroatoms. The van der Waals surface area contributed by atoms with Crippen molar-refractivity contribution in [2.45, 2.75) is 31.3 Å². The smallest absolute Gasteiger partial charge is 0.343 e. The molecule has 1 aromatic rings. The molecule has 88 valence electrons. The van der Waals surface area contributed by atoms with E-state index in [0.717, 1.165) is 4.90 Å². The van der Waals surface area contributed by atoms with Crippen molar-refractivity contribution in [3.63, 3.8) is 0 Å². The molecule has 0 aromatic carbocycles.